The molecule has 104 valence electrons. The van der Waals surface area contributed by atoms with Gasteiger partial charge in [0.1, 0.15) is 11.3 Å². The Balaban J connectivity index is 2.01. The molecule has 0 spiro atoms. The van der Waals surface area contributed by atoms with Crippen LogP contribution in [-0.4, -0.2) is 16.1 Å². The monoisotopic (exact) mass is 299 g/mol. The summed E-state index contributed by atoms with van der Waals surface area (Å²) in [6.07, 6.45) is 1.68. The van der Waals surface area contributed by atoms with Gasteiger partial charge in [-0.1, -0.05) is 29.8 Å². The van der Waals surface area contributed by atoms with Crippen molar-refractivity contribution in [1.82, 2.24) is 4.98 Å². The predicted octanol–water partition coefficient (Wildman–Crippen LogP) is 4.38. The SMILES string of the molecule is O=C(O)c1ccc(Oc2cccc3cccnc23)c(Cl)c1. The molecule has 0 radical (unpaired) electrons. The van der Waals surface area contributed by atoms with Crippen molar-refractivity contribution in [2.75, 3.05) is 0 Å². The Labute approximate surface area is 125 Å². The van der Waals surface area contributed by atoms with E-state index in [2.05, 4.69) is 4.98 Å². The second-order valence-corrected chi connectivity index (χ2v) is 4.79. The van der Waals surface area contributed by atoms with E-state index in [4.69, 9.17) is 21.4 Å². The van der Waals surface area contributed by atoms with E-state index in [1.54, 1.807) is 12.3 Å². The van der Waals surface area contributed by atoms with Crippen LogP contribution >= 0.6 is 11.6 Å². The van der Waals surface area contributed by atoms with E-state index in [0.717, 1.165) is 10.9 Å². The quantitative estimate of drug-likeness (QED) is 0.779. The number of pyridine rings is 1. The molecule has 0 saturated carbocycles. The Hall–Kier alpha value is -2.59. The number of carboxylic acid groups (broad SMARTS) is 1. The highest BCUT2D eigenvalue weighted by Crippen LogP contribution is 2.33. The summed E-state index contributed by atoms with van der Waals surface area (Å²) in [6, 6.07) is 13.7. The largest absolute Gasteiger partial charge is 0.478 e. The van der Waals surface area contributed by atoms with Gasteiger partial charge >= 0.3 is 5.97 Å². The van der Waals surface area contributed by atoms with Gasteiger partial charge in [-0.15, -0.1) is 0 Å². The number of fused-ring (bicyclic) bond motifs is 1. The third-order valence-electron chi connectivity index (χ3n) is 2.99. The molecule has 3 rings (SSSR count). The molecule has 0 aliphatic carbocycles. The summed E-state index contributed by atoms with van der Waals surface area (Å²) < 4.78 is 5.77. The van der Waals surface area contributed by atoms with Gasteiger partial charge in [0, 0.05) is 11.6 Å². The number of nitrogens with zero attached hydrogens (tertiary/aromatic N) is 1. The lowest BCUT2D eigenvalue weighted by Crippen LogP contribution is -1.96. The first-order valence-electron chi connectivity index (χ1n) is 6.19. The highest BCUT2D eigenvalue weighted by Gasteiger charge is 2.10. The van der Waals surface area contributed by atoms with Crippen molar-refractivity contribution in [3.05, 3.63) is 65.3 Å². The fourth-order valence-corrected chi connectivity index (χ4v) is 2.21. The Bertz CT molecular complexity index is 827. The van der Waals surface area contributed by atoms with E-state index < -0.39 is 5.97 Å². The van der Waals surface area contributed by atoms with Gasteiger partial charge in [0.05, 0.1) is 10.6 Å². The number of halogens is 1. The van der Waals surface area contributed by atoms with Crippen molar-refractivity contribution in [2.45, 2.75) is 0 Å². The maximum atomic E-state index is 10.9. The minimum atomic E-state index is -1.03. The van der Waals surface area contributed by atoms with Gasteiger partial charge < -0.3 is 9.84 Å². The van der Waals surface area contributed by atoms with Crippen LogP contribution in [0, 0.1) is 0 Å². The molecule has 0 atom stereocenters. The average Bonchev–Trinajstić information content (AvgIpc) is 2.49. The number of hydrogen-bond acceptors (Lipinski definition) is 3. The number of rotatable bonds is 3. The minimum absolute atomic E-state index is 0.114. The second-order valence-electron chi connectivity index (χ2n) is 4.38. The molecule has 0 amide bonds. The Morgan fingerprint density at radius 2 is 1.90 bits per heavy atom. The third kappa shape index (κ3) is 2.66. The molecule has 1 N–H and O–H groups in total. The summed E-state index contributed by atoms with van der Waals surface area (Å²) in [5.74, 6) is -0.0758. The van der Waals surface area contributed by atoms with Gasteiger partial charge in [-0.05, 0) is 30.3 Å². The lowest BCUT2D eigenvalue weighted by Gasteiger charge is -2.10. The van der Waals surface area contributed by atoms with Crippen LogP contribution in [0.3, 0.4) is 0 Å². The van der Waals surface area contributed by atoms with Crippen LogP contribution in [0.2, 0.25) is 5.02 Å². The number of aromatic nitrogens is 1. The molecule has 4 nitrogen and oxygen atoms in total. The van der Waals surface area contributed by atoms with E-state index in [9.17, 15) is 4.79 Å². The molecule has 21 heavy (non-hydrogen) atoms. The summed E-state index contributed by atoms with van der Waals surface area (Å²) in [5.41, 5.74) is 0.835. The number of carbonyl (C=O) groups is 1. The molecule has 5 heteroatoms. The van der Waals surface area contributed by atoms with Crippen molar-refractivity contribution in [3.63, 3.8) is 0 Å². The zero-order valence-corrected chi connectivity index (χ0v) is 11.5. The standard InChI is InChI=1S/C16H10ClNO3/c17-12-9-11(16(19)20)6-7-13(12)21-14-5-1-3-10-4-2-8-18-15(10)14/h1-9H,(H,19,20). The molecular weight excluding hydrogens is 290 g/mol. The summed E-state index contributed by atoms with van der Waals surface area (Å²) in [5, 5.41) is 10.1. The number of benzene rings is 2. The minimum Gasteiger partial charge on any atom is -0.478 e. The molecule has 0 unspecified atom stereocenters. The smallest absolute Gasteiger partial charge is 0.335 e. The molecular formula is C16H10ClNO3. The maximum Gasteiger partial charge on any atom is 0.335 e. The van der Waals surface area contributed by atoms with Crippen LogP contribution in [0.25, 0.3) is 10.9 Å². The molecule has 0 aliphatic rings. The fourth-order valence-electron chi connectivity index (χ4n) is 1.99. The van der Waals surface area contributed by atoms with Crippen molar-refractivity contribution in [2.24, 2.45) is 0 Å². The van der Waals surface area contributed by atoms with Gasteiger partial charge in [0.25, 0.3) is 0 Å². The number of para-hydroxylation sites is 1. The fraction of sp³-hybridized carbons (Fsp3) is 0. The Morgan fingerprint density at radius 1 is 1.10 bits per heavy atom. The van der Waals surface area contributed by atoms with Crippen LogP contribution in [0.15, 0.2) is 54.7 Å². The van der Waals surface area contributed by atoms with Crippen LogP contribution in [0.5, 0.6) is 11.5 Å². The van der Waals surface area contributed by atoms with Crippen LogP contribution in [-0.2, 0) is 0 Å². The number of ether oxygens (including phenoxy) is 1. The molecule has 0 aliphatic heterocycles. The van der Waals surface area contributed by atoms with Crippen LogP contribution in [0.1, 0.15) is 10.4 Å². The predicted molar refractivity (Wildman–Crippen MR) is 80.2 cm³/mol. The van der Waals surface area contributed by atoms with E-state index in [1.165, 1.54) is 18.2 Å². The van der Waals surface area contributed by atoms with Crippen molar-refractivity contribution < 1.29 is 14.6 Å². The molecule has 2 aromatic carbocycles. The summed E-state index contributed by atoms with van der Waals surface area (Å²) >= 11 is 6.07. The second kappa shape index (κ2) is 5.42. The topological polar surface area (TPSA) is 59.4 Å². The van der Waals surface area contributed by atoms with Crippen molar-refractivity contribution >= 4 is 28.5 Å². The highest BCUT2D eigenvalue weighted by atomic mass is 35.5. The highest BCUT2D eigenvalue weighted by molar-refractivity contribution is 6.32. The lowest BCUT2D eigenvalue weighted by atomic mass is 10.2. The average molecular weight is 300 g/mol. The Kier molecular flexibility index (Phi) is 3.46. The number of carboxylic acids is 1. The zero-order valence-electron chi connectivity index (χ0n) is 10.8. The van der Waals surface area contributed by atoms with Gasteiger partial charge in [-0.25, -0.2) is 4.79 Å². The molecule has 3 aromatic rings. The number of hydrogen-bond donors (Lipinski definition) is 1. The normalized spacial score (nSPS) is 10.5. The van der Waals surface area contributed by atoms with E-state index in [0.29, 0.717) is 11.5 Å². The first kappa shape index (κ1) is 13.4. The van der Waals surface area contributed by atoms with E-state index in [-0.39, 0.29) is 10.6 Å². The van der Waals surface area contributed by atoms with Crippen LogP contribution in [0.4, 0.5) is 0 Å². The van der Waals surface area contributed by atoms with Crippen molar-refractivity contribution in [1.29, 1.82) is 0 Å². The van der Waals surface area contributed by atoms with Gasteiger partial charge in [0.2, 0.25) is 0 Å². The summed E-state index contributed by atoms with van der Waals surface area (Å²) in [4.78, 5) is 15.2. The molecule has 1 aromatic heterocycles. The van der Waals surface area contributed by atoms with Gasteiger partial charge in [-0.2, -0.15) is 0 Å². The Morgan fingerprint density at radius 3 is 2.67 bits per heavy atom. The lowest BCUT2D eigenvalue weighted by molar-refractivity contribution is 0.0697. The van der Waals surface area contributed by atoms with E-state index >= 15 is 0 Å². The molecule has 0 fully saturated rings. The van der Waals surface area contributed by atoms with Gasteiger partial charge in [0.15, 0.2) is 5.75 Å². The summed E-state index contributed by atoms with van der Waals surface area (Å²) in [7, 11) is 0. The molecule has 0 saturated heterocycles. The van der Waals surface area contributed by atoms with Crippen molar-refractivity contribution in [3.8, 4) is 11.5 Å². The maximum absolute atomic E-state index is 10.9. The van der Waals surface area contributed by atoms with Crippen LogP contribution < -0.4 is 4.74 Å². The number of aromatic carboxylic acids is 1. The molecule has 0 bridgehead atoms. The summed E-state index contributed by atoms with van der Waals surface area (Å²) in [6.45, 7) is 0. The zero-order chi connectivity index (χ0) is 14.8. The first-order valence-corrected chi connectivity index (χ1v) is 6.57. The first-order chi connectivity index (χ1) is 10.1. The molecule has 1 heterocycles. The third-order valence-corrected chi connectivity index (χ3v) is 3.29. The van der Waals surface area contributed by atoms with E-state index in [1.807, 2.05) is 24.3 Å². The van der Waals surface area contributed by atoms with Gasteiger partial charge in [-0.3, -0.25) is 4.98 Å².